The summed E-state index contributed by atoms with van der Waals surface area (Å²) in [6, 6.07) is 7.79. The lowest BCUT2D eigenvalue weighted by atomic mass is 9.86. The lowest BCUT2D eigenvalue weighted by Gasteiger charge is -2.35. The lowest BCUT2D eigenvalue weighted by Crippen LogP contribution is -2.40. The molecule has 2 aliphatic rings. The standard InChI is InChI=1S/C15H16O3S/c16-15(7-10-5-6-11(8-15)19(10)17)13-9-18-14-4-2-1-3-12(13)14/h1-4,9-11,16H,5-8H2. The second-order valence-corrected chi connectivity index (χ2v) is 7.73. The van der Waals surface area contributed by atoms with Gasteiger partial charge in [0.05, 0.1) is 11.9 Å². The van der Waals surface area contributed by atoms with Crippen LogP contribution in [-0.2, 0) is 16.4 Å². The summed E-state index contributed by atoms with van der Waals surface area (Å²) >= 11 is 0. The van der Waals surface area contributed by atoms with Crippen LogP contribution < -0.4 is 0 Å². The predicted molar refractivity (Wildman–Crippen MR) is 74.3 cm³/mol. The number of benzene rings is 1. The highest BCUT2D eigenvalue weighted by Gasteiger charge is 2.49. The molecule has 2 unspecified atom stereocenters. The van der Waals surface area contributed by atoms with Crippen molar-refractivity contribution >= 4 is 21.8 Å². The van der Waals surface area contributed by atoms with Crippen molar-refractivity contribution in [2.45, 2.75) is 41.8 Å². The molecule has 2 aliphatic heterocycles. The molecule has 1 aromatic heterocycles. The normalized spacial score (nSPS) is 37.8. The van der Waals surface area contributed by atoms with Gasteiger partial charge in [-0.25, -0.2) is 0 Å². The summed E-state index contributed by atoms with van der Waals surface area (Å²) in [5, 5.41) is 12.3. The number of hydrogen-bond acceptors (Lipinski definition) is 3. The summed E-state index contributed by atoms with van der Waals surface area (Å²) in [5.41, 5.74) is 0.813. The molecule has 0 aliphatic carbocycles. The summed E-state index contributed by atoms with van der Waals surface area (Å²) in [5.74, 6) is 0. The van der Waals surface area contributed by atoms with Gasteiger partial charge in [0.2, 0.25) is 0 Å². The van der Waals surface area contributed by atoms with E-state index in [0.29, 0.717) is 12.8 Å². The van der Waals surface area contributed by atoms with E-state index in [2.05, 4.69) is 0 Å². The molecule has 0 saturated carbocycles. The van der Waals surface area contributed by atoms with Crippen LogP contribution in [0.4, 0.5) is 0 Å². The molecule has 0 spiro atoms. The van der Waals surface area contributed by atoms with Crippen LogP contribution in [0.25, 0.3) is 11.0 Å². The Morgan fingerprint density at radius 3 is 2.63 bits per heavy atom. The monoisotopic (exact) mass is 276 g/mol. The van der Waals surface area contributed by atoms with Crippen LogP contribution in [0.15, 0.2) is 34.9 Å². The van der Waals surface area contributed by atoms with Crippen molar-refractivity contribution in [3.8, 4) is 0 Å². The number of furan rings is 1. The average molecular weight is 276 g/mol. The third kappa shape index (κ3) is 1.63. The second kappa shape index (κ2) is 3.93. The summed E-state index contributed by atoms with van der Waals surface area (Å²) in [7, 11) is -0.751. The predicted octanol–water partition coefficient (Wildman–Crippen LogP) is 2.69. The molecule has 0 radical (unpaired) electrons. The molecule has 2 atom stereocenters. The fraction of sp³-hybridized carbons (Fsp3) is 0.467. The molecule has 2 fully saturated rings. The van der Waals surface area contributed by atoms with Crippen LogP contribution in [0.2, 0.25) is 0 Å². The number of rotatable bonds is 1. The Bertz CT molecular complexity index is 644. The Labute approximate surface area is 114 Å². The Hall–Kier alpha value is -1.13. The van der Waals surface area contributed by atoms with Gasteiger partial charge in [-0.2, -0.15) is 0 Å². The van der Waals surface area contributed by atoms with Crippen molar-refractivity contribution in [3.05, 3.63) is 36.1 Å². The van der Waals surface area contributed by atoms with Crippen LogP contribution in [0.3, 0.4) is 0 Å². The van der Waals surface area contributed by atoms with Crippen LogP contribution in [0.5, 0.6) is 0 Å². The Morgan fingerprint density at radius 1 is 1.21 bits per heavy atom. The first-order chi connectivity index (χ1) is 9.17. The summed E-state index contributed by atoms with van der Waals surface area (Å²) in [4.78, 5) is 0. The largest absolute Gasteiger partial charge is 0.464 e. The minimum absolute atomic E-state index is 0.150. The average Bonchev–Trinajstić information content (AvgIpc) is 2.92. The van der Waals surface area contributed by atoms with Gasteiger partial charge in [0, 0.05) is 32.2 Å². The molecule has 100 valence electrons. The minimum Gasteiger partial charge on any atom is -0.464 e. The SMILES string of the molecule is O=S1C2CCC1CC(O)(c1coc3ccccc13)C2. The van der Waals surface area contributed by atoms with Gasteiger partial charge >= 0.3 is 0 Å². The maximum atomic E-state index is 12.1. The third-order valence-electron chi connectivity index (χ3n) is 4.58. The lowest BCUT2D eigenvalue weighted by molar-refractivity contribution is 0.0192. The van der Waals surface area contributed by atoms with E-state index in [0.717, 1.165) is 29.4 Å². The maximum absolute atomic E-state index is 12.1. The fourth-order valence-corrected chi connectivity index (χ4v) is 5.80. The Morgan fingerprint density at radius 2 is 1.89 bits per heavy atom. The van der Waals surface area contributed by atoms with Crippen molar-refractivity contribution in [1.29, 1.82) is 0 Å². The second-order valence-electron chi connectivity index (χ2n) is 5.74. The van der Waals surface area contributed by atoms with Gasteiger partial charge in [0.15, 0.2) is 0 Å². The molecule has 19 heavy (non-hydrogen) atoms. The summed E-state index contributed by atoms with van der Waals surface area (Å²) < 4.78 is 17.6. The van der Waals surface area contributed by atoms with E-state index in [1.165, 1.54) is 0 Å². The van der Waals surface area contributed by atoms with Gasteiger partial charge in [0.25, 0.3) is 0 Å². The fourth-order valence-electron chi connectivity index (χ4n) is 3.64. The quantitative estimate of drug-likeness (QED) is 0.871. The number of hydrogen-bond donors (Lipinski definition) is 1. The van der Waals surface area contributed by atoms with Crippen LogP contribution >= 0.6 is 0 Å². The van der Waals surface area contributed by atoms with Crippen molar-refractivity contribution in [2.75, 3.05) is 0 Å². The van der Waals surface area contributed by atoms with Crippen molar-refractivity contribution in [1.82, 2.24) is 0 Å². The van der Waals surface area contributed by atoms with Crippen LogP contribution in [-0.4, -0.2) is 19.8 Å². The Kier molecular flexibility index (Phi) is 2.42. The van der Waals surface area contributed by atoms with E-state index >= 15 is 0 Å². The van der Waals surface area contributed by atoms with Gasteiger partial charge in [0.1, 0.15) is 5.58 Å². The van der Waals surface area contributed by atoms with Gasteiger partial charge in [-0.1, -0.05) is 18.2 Å². The van der Waals surface area contributed by atoms with E-state index in [1.807, 2.05) is 24.3 Å². The zero-order valence-corrected chi connectivity index (χ0v) is 11.4. The third-order valence-corrected chi connectivity index (χ3v) is 6.70. The minimum atomic E-state index is -0.869. The van der Waals surface area contributed by atoms with Crippen molar-refractivity contribution in [2.24, 2.45) is 0 Å². The van der Waals surface area contributed by atoms with Crippen molar-refractivity contribution < 1.29 is 13.7 Å². The van der Waals surface area contributed by atoms with Crippen molar-refractivity contribution in [3.63, 3.8) is 0 Å². The van der Waals surface area contributed by atoms with Crippen LogP contribution in [0, 0.1) is 0 Å². The molecular weight excluding hydrogens is 260 g/mol. The van der Waals surface area contributed by atoms with E-state index in [-0.39, 0.29) is 10.5 Å². The van der Waals surface area contributed by atoms with E-state index in [4.69, 9.17) is 4.42 Å². The first kappa shape index (κ1) is 11.7. The Balaban J connectivity index is 1.81. The van der Waals surface area contributed by atoms with Gasteiger partial charge in [-0.05, 0) is 31.7 Å². The highest BCUT2D eigenvalue weighted by atomic mass is 32.2. The first-order valence-electron chi connectivity index (χ1n) is 6.76. The molecule has 1 N–H and O–H groups in total. The molecule has 4 heteroatoms. The molecule has 4 rings (SSSR count). The van der Waals surface area contributed by atoms with E-state index < -0.39 is 16.4 Å². The molecule has 3 heterocycles. The molecule has 2 bridgehead atoms. The zero-order chi connectivity index (χ0) is 13.0. The molecular formula is C15H16O3S. The molecule has 0 amide bonds. The molecule has 3 nitrogen and oxygen atoms in total. The van der Waals surface area contributed by atoms with Crippen LogP contribution in [0.1, 0.15) is 31.2 Å². The maximum Gasteiger partial charge on any atom is 0.134 e. The topological polar surface area (TPSA) is 50.4 Å². The number of aliphatic hydroxyl groups is 1. The van der Waals surface area contributed by atoms with Gasteiger partial charge in [-0.3, -0.25) is 4.21 Å². The van der Waals surface area contributed by atoms with Gasteiger partial charge < -0.3 is 9.52 Å². The van der Waals surface area contributed by atoms with E-state index in [1.54, 1.807) is 6.26 Å². The van der Waals surface area contributed by atoms with E-state index in [9.17, 15) is 9.32 Å². The van der Waals surface area contributed by atoms with Gasteiger partial charge in [-0.15, -0.1) is 0 Å². The smallest absolute Gasteiger partial charge is 0.134 e. The summed E-state index contributed by atoms with van der Waals surface area (Å²) in [6.45, 7) is 0. The number of fused-ring (bicyclic) bond motifs is 3. The number of para-hydroxylation sites is 1. The highest BCUT2D eigenvalue weighted by molar-refractivity contribution is 7.86. The molecule has 2 aromatic rings. The highest BCUT2D eigenvalue weighted by Crippen LogP contribution is 2.47. The molecule has 1 aromatic carbocycles. The zero-order valence-electron chi connectivity index (χ0n) is 10.5. The summed E-state index contributed by atoms with van der Waals surface area (Å²) in [6.07, 6.45) is 4.84. The first-order valence-corrected chi connectivity index (χ1v) is 8.03. The molecule has 2 saturated heterocycles.